The van der Waals surface area contributed by atoms with Crippen LogP contribution in [0, 0.1) is 5.92 Å². The van der Waals surface area contributed by atoms with E-state index in [4.69, 9.17) is 5.73 Å². The number of hydrogen-bond acceptors (Lipinski definition) is 2. The van der Waals surface area contributed by atoms with Crippen molar-refractivity contribution in [1.82, 2.24) is 9.55 Å². The lowest BCUT2D eigenvalue weighted by atomic mass is 10.1. The summed E-state index contributed by atoms with van der Waals surface area (Å²) in [5.41, 5.74) is 6.67. The van der Waals surface area contributed by atoms with E-state index >= 15 is 0 Å². The molecule has 80 valence electrons. The number of imidazole rings is 1. The maximum Gasteiger partial charge on any atom is 0.110 e. The van der Waals surface area contributed by atoms with Crippen molar-refractivity contribution in [2.75, 3.05) is 6.54 Å². The Labute approximate surface area is 93.8 Å². The first kappa shape index (κ1) is 11.7. The van der Waals surface area contributed by atoms with E-state index in [1.165, 1.54) is 0 Å². The van der Waals surface area contributed by atoms with E-state index in [1.807, 2.05) is 7.05 Å². The van der Waals surface area contributed by atoms with Crippen molar-refractivity contribution in [3.05, 3.63) is 16.1 Å². The normalized spacial score (nSPS) is 11.3. The van der Waals surface area contributed by atoms with Gasteiger partial charge in [0.15, 0.2) is 0 Å². The minimum Gasteiger partial charge on any atom is -0.330 e. The molecule has 0 saturated heterocycles. The lowest BCUT2D eigenvalue weighted by Gasteiger charge is -2.01. The molecular formula is C10H18BrN3. The van der Waals surface area contributed by atoms with E-state index in [9.17, 15) is 0 Å². The number of nitrogens with zero attached hydrogens (tertiary/aromatic N) is 2. The molecule has 14 heavy (non-hydrogen) atoms. The van der Waals surface area contributed by atoms with Crippen LogP contribution in [0.3, 0.4) is 0 Å². The number of aromatic nitrogens is 2. The van der Waals surface area contributed by atoms with E-state index in [0.29, 0.717) is 12.5 Å². The standard InChI is InChI=1S/C10H18BrN3/c1-7(2)6-8-10(11)14(3)9(13-8)4-5-12/h7H,4-6,12H2,1-3H3. The van der Waals surface area contributed by atoms with Gasteiger partial charge in [-0.3, -0.25) is 0 Å². The maximum atomic E-state index is 5.52. The Balaban J connectivity index is 2.90. The number of nitrogens with two attached hydrogens (primary N) is 1. The van der Waals surface area contributed by atoms with Gasteiger partial charge in [-0.25, -0.2) is 4.98 Å². The zero-order chi connectivity index (χ0) is 10.7. The lowest BCUT2D eigenvalue weighted by Crippen LogP contribution is -2.07. The average Bonchev–Trinajstić information content (AvgIpc) is 2.34. The number of hydrogen-bond donors (Lipinski definition) is 1. The molecule has 4 heteroatoms. The highest BCUT2D eigenvalue weighted by atomic mass is 79.9. The van der Waals surface area contributed by atoms with Gasteiger partial charge in [0, 0.05) is 13.5 Å². The van der Waals surface area contributed by atoms with Crippen molar-refractivity contribution in [1.29, 1.82) is 0 Å². The first-order chi connectivity index (χ1) is 6.56. The smallest absolute Gasteiger partial charge is 0.110 e. The Morgan fingerprint density at radius 1 is 1.50 bits per heavy atom. The second-order valence-corrected chi connectivity index (χ2v) is 4.71. The predicted molar refractivity (Wildman–Crippen MR) is 62.2 cm³/mol. The van der Waals surface area contributed by atoms with Gasteiger partial charge in [-0.05, 0) is 34.8 Å². The molecule has 0 fully saturated rings. The van der Waals surface area contributed by atoms with Crippen molar-refractivity contribution >= 4 is 15.9 Å². The highest BCUT2D eigenvalue weighted by molar-refractivity contribution is 9.10. The SMILES string of the molecule is CC(C)Cc1nc(CCN)n(C)c1Br. The fourth-order valence-electron chi connectivity index (χ4n) is 1.45. The van der Waals surface area contributed by atoms with E-state index in [-0.39, 0.29) is 0 Å². The molecule has 0 amide bonds. The maximum absolute atomic E-state index is 5.52. The molecule has 1 aromatic heterocycles. The molecule has 0 aromatic carbocycles. The summed E-state index contributed by atoms with van der Waals surface area (Å²) in [5, 5.41) is 0. The van der Waals surface area contributed by atoms with Crippen LogP contribution in [-0.2, 0) is 19.9 Å². The van der Waals surface area contributed by atoms with Crippen LogP contribution in [0.1, 0.15) is 25.4 Å². The molecule has 2 N–H and O–H groups in total. The fraction of sp³-hybridized carbons (Fsp3) is 0.700. The number of halogens is 1. The first-order valence-corrected chi connectivity index (χ1v) is 5.75. The first-order valence-electron chi connectivity index (χ1n) is 4.96. The van der Waals surface area contributed by atoms with E-state index in [1.54, 1.807) is 0 Å². The van der Waals surface area contributed by atoms with Gasteiger partial charge in [-0.15, -0.1) is 0 Å². The summed E-state index contributed by atoms with van der Waals surface area (Å²) in [6.07, 6.45) is 1.85. The summed E-state index contributed by atoms with van der Waals surface area (Å²) in [4.78, 5) is 4.58. The van der Waals surface area contributed by atoms with Crippen LogP contribution in [0.4, 0.5) is 0 Å². The monoisotopic (exact) mass is 259 g/mol. The van der Waals surface area contributed by atoms with Gasteiger partial charge in [0.1, 0.15) is 10.4 Å². The summed E-state index contributed by atoms with van der Waals surface area (Å²) in [6.45, 7) is 5.05. The van der Waals surface area contributed by atoms with Gasteiger partial charge in [0.2, 0.25) is 0 Å². The van der Waals surface area contributed by atoms with Crippen molar-refractivity contribution in [2.24, 2.45) is 18.7 Å². The van der Waals surface area contributed by atoms with Gasteiger partial charge < -0.3 is 10.3 Å². The topological polar surface area (TPSA) is 43.8 Å². The Morgan fingerprint density at radius 2 is 2.14 bits per heavy atom. The number of rotatable bonds is 4. The summed E-state index contributed by atoms with van der Waals surface area (Å²) in [6, 6.07) is 0. The average molecular weight is 260 g/mol. The van der Waals surface area contributed by atoms with Gasteiger partial charge in [0.05, 0.1) is 5.69 Å². The zero-order valence-corrected chi connectivity index (χ0v) is 10.6. The molecule has 3 nitrogen and oxygen atoms in total. The van der Waals surface area contributed by atoms with E-state index in [2.05, 4.69) is 39.3 Å². The van der Waals surface area contributed by atoms with Crippen LogP contribution in [0.2, 0.25) is 0 Å². The molecule has 0 aliphatic carbocycles. The molecule has 1 aromatic rings. The van der Waals surface area contributed by atoms with Crippen LogP contribution in [0.15, 0.2) is 4.60 Å². The molecule has 0 spiro atoms. The van der Waals surface area contributed by atoms with Crippen LogP contribution in [-0.4, -0.2) is 16.1 Å². The van der Waals surface area contributed by atoms with Crippen LogP contribution < -0.4 is 5.73 Å². The molecule has 0 unspecified atom stereocenters. The minimum absolute atomic E-state index is 0.631. The summed E-state index contributed by atoms with van der Waals surface area (Å²) < 4.78 is 3.17. The Hall–Kier alpha value is -0.350. The minimum atomic E-state index is 0.631. The van der Waals surface area contributed by atoms with Crippen LogP contribution in [0.25, 0.3) is 0 Å². The van der Waals surface area contributed by atoms with E-state index < -0.39 is 0 Å². The Bertz CT molecular complexity index is 305. The Kier molecular flexibility index (Phi) is 4.13. The highest BCUT2D eigenvalue weighted by Crippen LogP contribution is 2.20. The second kappa shape index (κ2) is 4.94. The van der Waals surface area contributed by atoms with Crippen LogP contribution >= 0.6 is 15.9 Å². The quantitative estimate of drug-likeness (QED) is 0.898. The molecule has 0 aliphatic heterocycles. The van der Waals surface area contributed by atoms with Gasteiger partial charge in [0.25, 0.3) is 0 Å². The Morgan fingerprint density at radius 3 is 2.64 bits per heavy atom. The lowest BCUT2D eigenvalue weighted by molar-refractivity contribution is 0.634. The van der Waals surface area contributed by atoms with Crippen molar-refractivity contribution in [2.45, 2.75) is 26.7 Å². The third-order valence-corrected chi connectivity index (χ3v) is 3.14. The van der Waals surface area contributed by atoms with Crippen LogP contribution in [0.5, 0.6) is 0 Å². The van der Waals surface area contributed by atoms with Gasteiger partial charge in [-0.2, -0.15) is 0 Å². The molecule has 0 bridgehead atoms. The van der Waals surface area contributed by atoms with Gasteiger partial charge in [-0.1, -0.05) is 13.8 Å². The summed E-state index contributed by atoms with van der Waals surface area (Å²) in [7, 11) is 2.02. The molecular weight excluding hydrogens is 242 g/mol. The van der Waals surface area contributed by atoms with Crippen molar-refractivity contribution < 1.29 is 0 Å². The fourth-order valence-corrected chi connectivity index (χ4v) is 1.91. The largest absolute Gasteiger partial charge is 0.330 e. The molecule has 0 atom stereocenters. The van der Waals surface area contributed by atoms with E-state index in [0.717, 1.165) is 29.0 Å². The molecule has 0 saturated carbocycles. The van der Waals surface area contributed by atoms with Crippen molar-refractivity contribution in [3.63, 3.8) is 0 Å². The second-order valence-electron chi connectivity index (χ2n) is 3.96. The highest BCUT2D eigenvalue weighted by Gasteiger charge is 2.12. The molecule has 0 aliphatic rings. The summed E-state index contributed by atoms with van der Waals surface area (Å²) in [5.74, 6) is 1.70. The third-order valence-electron chi connectivity index (χ3n) is 2.15. The third kappa shape index (κ3) is 2.58. The summed E-state index contributed by atoms with van der Waals surface area (Å²) >= 11 is 3.56. The van der Waals surface area contributed by atoms with Gasteiger partial charge >= 0.3 is 0 Å². The predicted octanol–water partition coefficient (Wildman–Crippen LogP) is 1.88. The molecule has 0 radical (unpaired) electrons. The van der Waals surface area contributed by atoms with Crippen molar-refractivity contribution in [3.8, 4) is 0 Å². The molecule has 1 heterocycles. The zero-order valence-electron chi connectivity index (χ0n) is 9.05. The molecule has 1 rings (SSSR count).